The zero-order valence-electron chi connectivity index (χ0n) is 10.6. The van der Waals surface area contributed by atoms with E-state index >= 15 is 0 Å². The van der Waals surface area contributed by atoms with Gasteiger partial charge in [-0.1, -0.05) is 17.7 Å². The summed E-state index contributed by atoms with van der Waals surface area (Å²) in [5, 5.41) is 2.45. The van der Waals surface area contributed by atoms with Crippen LogP contribution >= 0.6 is 22.9 Å². The van der Waals surface area contributed by atoms with Crippen molar-refractivity contribution in [3.05, 3.63) is 51.2 Å². The molecule has 1 N–H and O–H groups in total. The van der Waals surface area contributed by atoms with Crippen LogP contribution in [-0.2, 0) is 10.0 Å². The first-order valence-electron chi connectivity index (χ1n) is 5.72. The number of halogens is 1. The first-order chi connectivity index (χ1) is 8.90. The van der Waals surface area contributed by atoms with Gasteiger partial charge in [0.1, 0.15) is 0 Å². The van der Waals surface area contributed by atoms with Crippen molar-refractivity contribution in [2.75, 3.05) is 0 Å². The molecule has 1 heterocycles. The molecule has 0 aliphatic heterocycles. The molecule has 0 spiro atoms. The molecule has 0 bridgehead atoms. The fourth-order valence-corrected chi connectivity index (χ4v) is 4.29. The van der Waals surface area contributed by atoms with Crippen LogP contribution in [0, 0.1) is 6.92 Å². The number of benzene rings is 1. The van der Waals surface area contributed by atoms with Crippen LogP contribution in [0.15, 0.2) is 40.6 Å². The van der Waals surface area contributed by atoms with Gasteiger partial charge in [-0.05, 0) is 49.1 Å². The van der Waals surface area contributed by atoms with Crippen molar-refractivity contribution in [1.29, 1.82) is 0 Å². The molecule has 0 aliphatic carbocycles. The maximum absolute atomic E-state index is 12.3. The third kappa shape index (κ3) is 3.36. The summed E-state index contributed by atoms with van der Waals surface area (Å²) in [7, 11) is -3.53. The van der Waals surface area contributed by atoms with Crippen molar-refractivity contribution in [1.82, 2.24) is 4.72 Å². The van der Waals surface area contributed by atoms with E-state index in [1.54, 1.807) is 19.1 Å². The Morgan fingerprint density at radius 3 is 2.63 bits per heavy atom. The lowest BCUT2D eigenvalue weighted by Gasteiger charge is -2.14. The van der Waals surface area contributed by atoms with E-state index in [0.29, 0.717) is 10.6 Å². The van der Waals surface area contributed by atoms with E-state index in [0.717, 1.165) is 4.88 Å². The fraction of sp³-hybridized carbons (Fsp3) is 0.231. The summed E-state index contributed by atoms with van der Waals surface area (Å²) in [5.41, 5.74) is 0.637. The van der Waals surface area contributed by atoms with Gasteiger partial charge in [-0.25, -0.2) is 13.1 Å². The molecule has 2 aromatic rings. The fourth-order valence-electron chi connectivity index (χ4n) is 1.81. The molecular formula is C13H14ClNO2S2. The number of nitrogens with one attached hydrogen (secondary N) is 1. The average Bonchev–Trinajstić information content (AvgIpc) is 2.80. The summed E-state index contributed by atoms with van der Waals surface area (Å²) in [6.07, 6.45) is 0. The maximum atomic E-state index is 12.3. The Balaban J connectivity index is 2.28. The minimum Gasteiger partial charge on any atom is -0.207 e. The highest BCUT2D eigenvalue weighted by Gasteiger charge is 2.20. The van der Waals surface area contributed by atoms with Gasteiger partial charge in [-0.15, -0.1) is 11.3 Å². The second kappa shape index (κ2) is 5.63. The standard InChI is InChI=1S/C13H14ClNO2S2/c1-9-8-11(14)5-6-13(9)19(16,17)15-10(2)12-4-3-7-18-12/h3-8,10,15H,1-2H3. The lowest BCUT2D eigenvalue weighted by molar-refractivity contribution is 0.568. The van der Waals surface area contributed by atoms with Gasteiger partial charge >= 0.3 is 0 Å². The van der Waals surface area contributed by atoms with E-state index in [-0.39, 0.29) is 10.9 Å². The van der Waals surface area contributed by atoms with Crippen LogP contribution in [0.5, 0.6) is 0 Å². The second-order valence-electron chi connectivity index (χ2n) is 4.27. The third-order valence-corrected chi connectivity index (χ3v) is 5.72. The molecule has 0 fully saturated rings. The largest absolute Gasteiger partial charge is 0.241 e. The van der Waals surface area contributed by atoms with Crippen molar-refractivity contribution in [3.63, 3.8) is 0 Å². The van der Waals surface area contributed by atoms with Crippen LogP contribution in [0.1, 0.15) is 23.4 Å². The number of hydrogen-bond donors (Lipinski definition) is 1. The quantitative estimate of drug-likeness (QED) is 0.934. The topological polar surface area (TPSA) is 46.2 Å². The predicted molar refractivity (Wildman–Crippen MR) is 79.2 cm³/mol. The van der Waals surface area contributed by atoms with E-state index < -0.39 is 10.0 Å². The molecule has 3 nitrogen and oxygen atoms in total. The number of sulfonamides is 1. The van der Waals surface area contributed by atoms with Gasteiger partial charge < -0.3 is 0 Å². The Morgan fingerprint density at radius 1 is 1.32 bits per heavy atom. The highest BCUT2D eigenvalue weighted by Crippen LogP contribution is 2.23. The number of hydrogen-bond acceptors (Lipinski definition) is 3. The van der Waals surface area contributed by atoms with Gasteiger partial charge in [-0.2, -0.15) is 0 Å². The van der Waals surface area contributed by atoms with Gasteiger partial charge in [0, 0.05) is 9.90 Å². The Morgan fingerprint density at radius 2 is 2.05 bits per heavy atom. The van der Waals surface area contributed by atoms with Gasteiger partial charge in [0.25, 0.3) is 0 Å². The highest BCUT2D eigenvalue weighted by atomic mass is 35.5. The zero-order chi connectivity index (χ0) is 14.0. The molecular weight excluding hydrogens is 302 g/mol. The smallest absolute Gasteiger partial charge is 0.207 e. The molecule has 0 radical (unpaired) electrons. The molecule has 0 aliphatic rings. The summed E-state index contributed by atoms with van der Waals surface area (Å²) in [4.78, 5) is 1.25. The Kier molecular flexibility index (Phi) is 4.30. The normalized spacial score (nSPS) is 13.4. The van der Waals surface area contributed by atoms with Gasteiger partial charge in [0.05, 0.1) is 10.9 Å². The van der Waals surface area contributed by atoms with Crippen LogP contribution < -0.4 is 4.72 Å². The third-order valence-electron chi connectivity index (χ3n) is 2.73. The molecule has 1 aromatic heterocycles. The molecule has 0 saturated heterocycles. The van der Waals surface area contributed by atoms with Gasteiger partial charge in [0.15, 0.2) is 0 Å². The Bertz CT molecular complexity index is 666. The van der Waals surface area contributed by atoms with Crippen LogP contribution in [0.2, 0.25) is 5.02 Å². The molecule has 102 valence electrons. The summed E-state index contributed by atoms with van der Waals surface area (Å²) in [6, 6.07) is 8.32. The monoisotopic (exact) mass is 315 g/mol. The number of thiophene rings is 1. The van der Waals surface area contributed by atoms with E-state index in [9.17, 15) is 8.42 Å². The van der Waals surface area contributed by atoms with E-state index in [4.69, 9.17) is 11.6 Å². The van der Waals surface area contributed by atoms with Crippen molar-refractivity contribution in [3.8, 4) is 0 Å². The van der Waals surface area contributed by atoms with Gasteiger partial charge in [0.2, 0.25) is 10.0 Å². The molecule has 0 saturated carbocycles. The van der Waals surface area contributed by atoms with Crippen LogP contribution in [0.4, 0.5) is 0 Å². The molecule has 1 atom stereocenters. The Labute approximate surface area is 122 Å². The number of aryl methyl sites for hydroxylation is 1. The van der Waals surface area contributed by atoms with Crippen LogP contribution in [-0.4, -0.2) is 8.42 Å². The van der Waals surface area contributed by atoms with Crippen LogP contribution in [0.3, 0.4) is 0 Å². The van der Waals surface area contributed by atoms with Crippen molar-refractivity contribution in [2.24, 2.45) is 0 Å². The lowest BCUT2D eigenvalue weighted by Crippen LogP contribution is -2.27. The summed E-state index contributed by atoms with van der Waals surface area (Å²) < 4.78 is 27.3. The minimum atomic E-state index is -3.53. The summed E-state index contributed by atoms with van der Waals surface area (Å²) in [5.74, 6) is 0. The molecule has 2 rings (SSSR count). The van der Waals surface area contributed by atoms with E-state index in [2.05, 4.69) is 4.72 Å². The summed E-state index contributed by atoms with van der Waals surface area (Å²) in [6.45, 7) is 3.56. The predicted octanol–water partition coefficient (Wildman–Crippen LogP) is 3.75. The zero-order valence-corrected chi connectivity index (χ0v) is 12.9. The molecule has 19 heavy (non-hydrogen) atoms. The first kappa shape index (κ1) is 14.5. The Hall–Kier alpha value is -0.880. The van der Waals surface area contributed by atoms with Crippen molar-refractivity contribution < 1.29 is 8.42 Å². The van der Waals surface area contributed by atoms with E-state index in [1.165, 1.54) is 17.4 Å². The number of rotatable bonds is 4. The molecule has 1 unspecified atom stereocenters. The lowest BCUT2D eigenvalue weighted by atomic mass is 10.2. The van der Waals surface area contributed by atoms with Crippen molar-refractivity contribution >= 4 is 33.0 Å². The first-order valence-corrected chi connectivity index (χ1v) is 8.46. The van der Waals surface area contributed by atoms with E-state index in [1.807, 2.05) is 24.4 Å². The maximum Gasteiger partial charge on any atom is 0.241 e. The average molecular weight is 316 g/mol. The van der Waals surface area contributed by atoms with Crippen LogP contribution in [0.25, 0.3) is 0 Å². The molecule has 0 amide bonds. The second-order valence-corrected chi connectivity index (χ2v) is 7.37. The SMILES string of the molecule is Cc1cc(Cl)ccc1S(=O)(=O)NC(C)c1cccs1. The molecule has 6 heteroatoms. The molecule has 1 aromatic carbocycles. The summed E-state index contributed by atoms with van der Waals surface area (Å²) >= 11 is 7.37. The highest BCUT2D eigenvalue weighted by molar-refractivity contribution is 7.89. The minimum absolute atomic E-state index is 0.250. The van der Waals surface area contributed by atoms with Crippen molar-refractivity contribution in [2.45, 2.75) is 24.8 Å². The van der Waals surface area contributed by atoms with Gasteiger partial charge in [-0.3, -0.25) is 0 Å².